The van der Waals surface area contributed by atoms with Crippen molar-refractivity contribution in [3.05, 3.63) is 0 Å². The van der Waals surface area contributed by atoms with Crippen molar-refractivity contribution < 1.29 is 14.3 Å². The van der Waals surface area contributed by atoms with E-state index in [1.54, 1.807) is 7.11 Å². The minimum atomic E-state index is -0.0350. The summed E-state index contributed by atoms with van der Waals surface area (Å²) in [6.07, 6.45) is 3.69. The Morgan fingerprint density at radius 3 is 2.21 bits per heavy atom. The molecule has 0 bridgehead atoms. The van der Waals surface area contributed by atoms with Gasteiger partial charge in [-0.2, -0.15) is 4.99 Å². The Morgan fingerprint density at radius 1 is 1.16 bits per heavy atom. The maximum absolute atomic E-state index is 5.95. The molecule has 0 N–H and O–H groups in total. The van der Waals surface area contributed by atoms with Gasteiger partial charge in [-0.3, -0.25) is 0 Å². The Kier molecular flexibility index (Phi) is 5.62. The largest absolute Gasteiger partial charge is 0.450 e. The van der Waals surface area contributed by atoms with Crippen LogP contribution >= 0.6 is 0 Å². The van der Waals surface area contributed by atoms with Crippen molar-refractivity contribution >= 4 is 6.08 Å². The molecule has 5 heteroatoms. The van der Waals surface area contributed by atoms with Crippen molar-refractivity contribution in [2.75, 3.05) is 20.4 Å². The van der Waals surface area contributed by atoms with Gasteiger partial charge in [0.1, 0.15) is 6.73 Å². The number of hydrogen-bond acceptors (Lipinski definition) is 5. The second kappa shape index (κ2) is 6.57. The number of rotatable bonds is 4. The molecule has 0 radical (unpaired) electrons. The molecule has 0 aliphatic carbocycles. The van der Waals surface area contributed by atoms with Crippen LogP contribution in [0.5, 0.6) is 0 Å². The van der Waals surface area contributed by atoms with E-state index >= 15 is 0 Å². The summed E-state index contributed by atoms with van der Waals surface area (Å²) in [6, 6.07) is 0. The summed E-state index contributed by atoms with van der Waals surface area (Å²) in [6.45, 7) is 11.4. The highest BCUT2D eigenvalue weighted by molar-refractivity contribution is 5.66. The lowest BCUT2D eigenvalue weighted by Crippen LogP contribution is -2.59. The molecule has 0 unspecified atom stereocenters. The Hall–Kier alpha value is -0.810. The smallest absolute Gasteiger partial charge is 0.405 e. The molecule has 0 amide bonds. The number of piperidine rings is 1. The first kappa shape index (κ1) is 16.2. The molecule has 1 rings (SSSR count). The highest BCUT2D eigenvalue weighted by Crippen LogP contribution is 2.38. The maximum atomic E-state index is 5.95. The number of hydroxylamine groups is 2. The fourth-order valence-electron chi connectivity index (χ4n) is 2.64. The number of methoxy groups -OCH3 is 1. The van der Waals surface area contributed by atoms with Crippen molar-refractivity contribution in [3.63, 3.8) is 0 Å². The predicted molar refractivity (Wildman–Crippen MR) is 75.9 cm³/mol. The zero-order chi connectivity index (χ0) is 14.5. The Labute approximate surface area is 116 Å². The zero-order valence-electron chi connectivity index (χ0n) is 13.2. The Morgan fingerprint density at radius 2 is 1.74 bits per heavy atom. The number of hydrogen-bond donors (Lipinski definition) is 0. The Bertz CT molecular complexity index is 298. The highest BCUT2D eigenvalue weighted by atomic mass is 16.8. The monoisotopic (exact) mass is 272 g/mol. The van der Waals surface area contributed by atoms with Gasteiger partial charge in [0.15, 0.2) is 0 Å². The third-order valence-corrected chi connectivity index (χ3v) is 3.44. The molecule has 0 atom stereocenters. The van der Waals surface area contributed by atoms with Crippen LogP contribution in [0, 0.1) is 0 Å². The van der Waals surface area contributed by atoms with E-state index in [0.717, 1.165) is 12.8 Å². The molecule has 1 aliphatic rings. The summed E-state index contributed by atoms with van der Waals surface area (Å²) in [7, 11) is 1.60. The molecule has 0 saturated carbocycles. The molecule has 1 heterocycles. The normalized spacial score (nSPS) is 23.2. The molecule has 1 aliphatic heterocycles. The molecular weight excluding hydrogens is 244 g/mol. The molecule has 0 spiro atoms. The fraction of sp³-hybridized carbons (Fsp3) is 0.929. The Balaban J connectivity index is 2.84. The average molecular weight is 272 g/mol. The van der Waals surface area contributed by atoms with Crippen LogP contribution in [0.1, 0.15) is 53.9 Å². The molecular formula is C14H28N2O3. The average Bonchev–Trinajstić information content (AvgIpc) is 2.30. The lowest BCUT2D eigenvalue weighted by molar-refractivity contribution is -0.239. The van der Waals surface area contributed by atoms with Gasteiger partial charge < -0.3 is 14.3 Å². The summed E-state index contributed by atoms with van der Waals surface area (Å²) >= 11 is 0. The molecule has 0 aromatic carbocycles. The number of aliphatic imine (C=N–C) groups is 1. The van der Waals surface area contributed by atoms with Crippen molar-refractivity contribution in [2.45, 2.75) is 65.0 Å². The first-order valence-corrected chi connectivity index (χ1v) is 6.98. The molecule has 0 aromatic heterocycles. The minimum absolute atomic E-state index is 0.0350. The third kappa shape index (κ3) is 4.35. The summed E-state index contributed by atoms with van der Waals surface area (Å²) in [5.41, 5.74) is -0.0701. The van der Waals surface area contributed by atoms with Crippen molar-refractivity contribution in [1.29, 1.82) is 0 Å². The van der Waals surface area contributed by atoms with Gasteiger partial charge in [-0.25, -0.2) is 0 Å². The van der Waals surface area contributed by atoms with Gasteiger partial charge >= 0.3 is 6.08 Å². The molecule has 1 fully saturated rings. The van der Waals surface area contributed by atoms with E-state index in [0.29, 0.717) is 6.61 Å². The number of ether oxygens (including phenoxy) is 2. The summed E-state index contributed by atoms with van der Waals surface area (Å²) in [4.78, 5) is 10.1. The molecule has 0 aromatic rings. The van der Waals surface area contributed by atoms with Crippen molar-refractivity contribution in [2.24, 2.45) is 4.99 Å². The van der Waals surface area contributed by atoms with Crippen molar-refractivity contribution in [3.8, 4) is 0 Å². The van der Waals surface area contributed by atoms with Gasteiger partial charge in [0.25, 0.3) is 0 Å². The van der Waals surface area contributed by atoms with E-state index in [9.17, 15) is 0 Å². The first-order chi connectivity index (χ1) is 8.83. The SMILES string of the molecule is CCOC(=NCOC)ON1C(C)(C)CCCC1(C)C. The lowest BCUT2D eigenvalue weighted by Gasteiger charge is -2.50. The second-order valence-electron chi connectivity index (χ2n) is 6.14. The molecule has 112 valence electrons. The van der Waals surface area contributed by atoms with Crippen LogP contribution in [0.15, 0.2) is 4.99 Å². The second-order valence-corrected chi connectivity index (χ2v) is 6.14. The minimum Gasteiger partial charge on any atom is -0.450 e. The van der Waals surface area contributed by atoms with Crippen LogP contribution in [-0.4, -0.2) is 42.7 Å². The third-order valence-electron chi connectivity index (χ3n) is 3.44. The van der Waals surface area contributed by atoms with Gasteiger partial charge in [-0.05, 0) is 53.9 Å². The number of nitrogens with zero attached hydrogens (tertiary/aromatic N) is 2. The first-order valence-electron chi connectivity index (χ1n) is 6.98. The lowest BCUT2D eigenvalue weighted by atomic mass is 9.82. The van der Waals surface area contributed by atoms with Gasteiger partial charge in [0, 0.05) is 7.11 Å². The van der Waals surface area contributed by atoms with E-state index in [4.69, 9.17) is 14.3 Å². The van der Waals surface area contributed by atoms with Gasteiger partial charge in [-0.15, -0.1) is 5.06 Å². The fourth-order valence-corrected chi connectivity index (χ4v) is 2.64. The van der Waals surface area contributed by atoms with Crippen LogP contribution in [0.3, 0.4) is 0 Å². The highest BCUT2D eigenvalue weighted by Gasteiger charge is 2.44. The van der Waals surface area contributed by atoms with E-state index in [1.165, 1.54) is 6.42 Å². The van der Waals surface area contributed by atoms with Crippen LogP contribution in [0.25, 0.3) is 0 Å². The molecule has 1 saturated heterocycles. The van der Waals surface area contributed by atoms with Crippen molar-refractivity contribution in [1.82, 2.24) is 5.06 Å². The van der Waals surface area contributed by atoms with Crippen LogP contribution in [0.2, 0.25) is 0 Å². The van der Waals surface area contributed by atoms with Crippen LogP contribution in [-0.2, 0) is 14.3 Å². The van der Waals surface area contributed by atoms with Crippen LogP contribution < -0.4 is 0 Å². The van der Waals surface area contributed by atoms with Crippen LogP contribution in [0.4, 0.5) is 0 Å². The predicted octanol–water partition coefficient (Wildman–Crippen LogP) is 2.96. The van der Waals surface area contributed by atoms with Gasteiger partial charge in [0.2, 0.25) is 0 Å². The summed E-state index contributed by atoms with van der Waals surface area (Å²) in [5.74, 6) is 0. The summed E-state index contributed by atoms with van der Waals surface area (Å²) < 4.78 is 10.4. The topological polar surface area (TPSA) is 43.3 Å². The maximum Gasteiger partial charge on any atom is 0.405 e. The van der Waals surface area contributed by atoms with E-state index in [-0.39, 0.29) is 23.9 Å². The summed E-state index contributed by atoms with van der Waals surface area (Å²) in [5, 5.41) is 2.02. The van der Waals surface area contributed by atoms with Gasteiger partial charge in [-0.1, -0.05) is 0 Å². The van der Waals surface area contributed by atoms with E-state index in [1.807, 2.05) is 12.0 Å². The standard InChI is InChI=1S/C14H28N2O3/c1-7-18-12(15-11-17-6)19-16-13(2,3)9-8-10-14(16,4)5/h7-11H2,1-6H3. The molecule has 19 heavy (non-hydrogen) atoms. The molecule has 5 nitrogen and oxygen atoms in total. The van der Waals surface area contributed by atoms with E-state index < -0.39 is 0 Å². The quantitative estimate of drug-likeness (QED) is 0.583. The van der Waals surface area contributed by atoms with Gasteiger partial charge in [0.05, 0.1) is 17.7 Å². The zero-order valence-corrected chi connectivity index (χ0v) is 13.2. The van der Waals surface area contributed by atoms with E-state index in [2.05, 4.69) is 32.7 Å².